The maximum absolute atomic E-state index is 11.2. The lowest BCUT2D eigenvalue weighted by atomic mass is 10.1. The molecule has 0 aliphatic carbocycles. The lowest BCUT2D eigenvalue weighted by Crippen LogP contribution is -2.19. The van der Waals surface area contributed by atoms with Gasteiger partial charge in [-0.15, -0.1) is 11.8 Å². The molecular formula is C11H15NOS. The van der Waals surface area contributed by atoms with Gasteiger partial charge in [-0.2, -0.15) is 0 Å². The monoisotopic (exact) mass is 209 g/mol. The molecule has 0 bridgehead atoms. The van der Waals surface area contributed by atoms with Crippen LogP contribution in [0.25, 0.3) is 0 Å². The summed E-state index contributed by atoms with van der Waals surface area (Å²) in [5.74, 6) is 0.706. The molecule has 0 heterocycles. The van der Waals surface area contributed by atoms with Gasteiger partial charge in [0.15, 0.2) is 0 Å². The summed E-state index contributed by atoms with van der Waals surface area (Å²) in [5.41, 5.74) is 6.35. The van der Waals surface area contributed by atoms with E-state index in [4.69, 9.17) is 5.73 Å². The standard InChI is InChI=1S/C11H15NOS/c1-2-8-14-10(11(12)13)9-6-4-3-5-7-9/h3-7,10H,2,8H2,1H3,(H2,12,13). The molecule has 0 saturated heterocycles. The summed E-state index contributed by atoms with van der Waals surface area (Å²) < 4.78 is 0. The number of primary amides is 1. The van der Waals surface area contributed by atoms with E-state index >= 15 is 0 Å². The fourth-order valence-corrected chi connectivity index (χ4v) is 2.19. The Labute approximate surface area is 88.9 Å². The van der Waals surface area contributed by atoms with Crippen molar-refractivity contribution in [2.24, 2.45) is 5.73 Å². The first-order valence-electron chi connectivity index (χ1n) is 4.71. The van der Waals surface area contributed by atoms with Crippen molar-refractivity contribution in [2.45, 2.75) is 18.6 Å². The number of amides is 1. The van der Waals surface area contributed by atoms with Crippen molar-refractivity contribution >= 4 is 17.7 Å². The first kappa shape index (κ1) is 11.1. The zero-order valence-corrected chi connectivity index (χ0v) is 9.09. The lowest BCUT2D eigenvalue weighted by Gasteiger charge is -2.12. The number of benzene rings is 1. The van der Waals surface area contributed by atoms with Crippen LogP contribution in [-0.2, 0) is 4.79 Å². The molecule has 2 N–H and O–H groups in total. The van der Waals surface area contributed by atoms with Gasteiger partial charge in [-0.1, -0.05) is 37.3 Å². The predicted molar refractivity (Wildman–Crippen MR) is 61.1 cm³/mol. The molecular weight excluding hydrogens is 194 g/mol. The highest BCUT2D eigenvalue weighted by atomic mass is 32.2. The molecule has 0 aliphatic rings. The molecule has 3 heteroatoms. The molecule has 1 unspecified atom stereocenters. The van der Waals surface area contributed by atoms with Gasteiger partial charge >= 0.3 is 0 Å². The molecule has 1 amide bonds. The van der Waals surface area contributed by atoms with E-state index in [-0.39, 0.29) is 11.2 Å². The summed E-state index contributed by atoms with van der Waals surface area (Å²) in [4.78, 5) is 11.2. The van der Waals surface area contributed by atoms with Gasteiger partial charge in [0.1, 0.15) is 5.25 Å². The third kappa shape index (κ3) is 3.07. The van der Waals surface area contributed by atoms with Crippen LogP contribution in [0.5, 0.6) is 0 Å². The van der Waals surface area contributed by atoms with E-state index in [2.05, 4.69) is 6.92 Å². The highest BCUT2D eigenvalue weighted by Crippen LogP contribution is 2.28. The molecule has 1 atom stereocenters. The van der Waals surface area contributed by atoms with E-state index in [0.717, 1.165) is 17.7 Å². The fraction of sp³-hybridized carbons (Fsp3) is 0.364. The maximum atomic E-state index is 11.2. The van der Waals surface area contributed by atoms with Crippen LogP contribution in [0.2, 0.25) is 0 Å². The second kappa shape index (κ2) is 5.70. The Balaban J connectivity index is 2.73. The van der Waals surface area contributed by atoms with Crippen LogP contribution in [0, 0.1) is 0 Å². The van der Waals surface area contributed by atoms with Crippen LogP contribution in [0.1, 0.15) is 24.2 Å². The Morgan fingerprint density at radius 3 is 2.57 bits per heavy atom. The van der Waals surface area contributed by atoms with Gasteiger partial charge in [0.2, 0.25) is 5.91 Å². The number of rotatable bonds is 5. The molecule has 0 saturated carbocycles. The molecule has 14 heavy (non-hydrogen) atoms. The van der Waals surface area contributed by atoms with Crippen molar-refractivity contribution in [1.82, 2.24) is 0 Å². The van der Waals surface area contributed by atoms with Crippen molar-refractivity contribution in [2.75, 3.05) is 5.75 Å². The van der Waals surface area contributed by atoms with E-state index in [1.165, 1.54) is 0 Å². The van der Waals surface area contributed by atoms with Crippen LogP contribution in [0.3, 0.4) is 0 Å². The molecule has 0 spiro atoms. The van der Waals surface area contributed by atoms with Crippen molar-refractivity contribution in [1.29, 1.82) is 0 Å². The molecule has 0 radical (unpaired) electrons. The minimum absolute atomic E-state index is 0.198. The molecule has 76 valence electrons. The first-order chi connectivity index (χ1) is 6.75. The molecule has 2 nitrogen and oxygen atoms in total. The minimum Gasteiger partial charge on any atom is -0.368 e. The van der Waals surface area contributed by atoms with Crippen molar-refractivity contribution in [3.8, 4) is 0 Å². The maximum Gasteiger partial charge on any atom is 0.235 e. The number of nitrogens with two attached hydrogens (primary N) is 1. The zero-order valence-electron chi connectivity index (χ0n) is 8.27. The van der Waals surface area contributed by atoms with Gasteiger partial charge in [-0.3, -0.25) is 4.79 Å². The van der Waals surface area contributed by atoms with Gasteiger partial charge in [-0.25, -0.2) is 0 Å². The number of carbonyl (C=O) groups excluding carboxylic acids is 1. The molecule has 0 aliphatic heterocycles. The topological polar surface area (TPSA) is 43.1 Å². The largest absolute Gasteiger partial charge is 0.368 e. The molecule has 0 fully saturated rings. The van der Waals surface area contributed by atoms with Crippen LogP contribution >= 0.6 is 11.8 Å². The molecule has 1 aromatic rings. The Morgan fingerprint density at radius 1 is 1.43 bits per heavy atom. The molecule has 0 aromatic heterocycles. The summed E-state index contributed by atoms with van der Waals surface area (Å²) in [5, 5.41) is -0.198. The third-order valence-corrected chi connectivity index (χ3v) is 3.33. The second-order valence-electron chi connectivity index (χ2n) is 3.06. The Kier molecular flexibility index (Phi) is 4.53. The van der Waals surface area contributed by atoms with Gasteiger partial charge in [0.25, 0.3) is 0 Å². The Morgan fingerprint density at radius 2 is 2.07 bits per heavy atom. The fourth-order valence-electron chi connectivity index (χ4n) is 1.21. The predicted octanol–water partition coefficient (Wildman–Crippen LogP) is 2.36. The smallest absolute Gasteiger partial charge is 0.235 e. The average Bonchev–Trinajstić information content (AvgIpc) is 2.19. The molecule has 1 rings (SSSR count). The lowest BCUT2D eigenvalue weighted by molar-refractivity contribution is -0.117. The van der Waals surface area contributed by atoms with Gasteiger partial charge in [-0.05, 0) is 17.7 Å². The van der Waals surface area contributed by atoms with Crippen molar-refractivity contribution in [3.05, 3.63) is 35.9 Å². The number of thioether (sulfide) groups is 1. The zero-order chi connectivity index (χ0) is 10.4. The van der Waals surface area contributed by atoms with Gasteiger partial charge in [0.05, 0.1) is 0 Å². The van der Waals surface area contributed by atoms with E-state index in [0.29, 0.717) is 0 Å². The second-order valence-corrected chi connectivity index (χ2v) is 4.28. The number of hydrogen-bond acceptors (Lipinski definition) is 2. The normalized spacial score (nSPS) is 12.4. The quantitative estimate of drug-likeness (QED) is 0.809. The van der Waals surface area contributed by atoms with Gasteiger partial charge in [0, 0.05) is 0 Å². The minimum atomic E-state index is -0.255. The van der Waals surface area contributed by atoms with Gasteiger partial charge < -0.3 is 5.73 Å². The van der Waals surface area contributed by atoms with E-state index < -0.39 is 0 Å². The SMILES string of the molecule is CCCSC(C(N)=O)c1ccccc1. The highest BCUT2D eigenvalue weighted by Gasteiger charge is 2.16. The van der Waals surface area contributed by atoms with Crippen LogP contribution in [-0.4, -0.2) is 11.7 Å². The summed E-state index contributed by atoms with van der Waals surface area (Å²) >= 11 is 1.61. The van der Waals surface area contributed by atoms with Crippen LogP contribution in [0.4, 0.5) is 0 Å². The molecule has 1 aromatic carbocycles. The summed E-state index contributed by atoms with van der Waals surface area (Å²) in [6, 6.07) is 9.68. The van der Waals surface area contributed by atoms with Crippen molar-refractivity contribution in [3.63, 3.8) is 0 Å². The Hall–Kier alpha value is -0.960. The van der Waals surface area contributed by atoms with E-state index in [1.807, 2.05) is 30.3 Å². The number of hydrogen-bond donors (Lipinski definition) is 1. The van der Waals surface area contributed by atoms with E-state index in [1.54, 1.807) is 11.8 Å². The van der Waals surface area contributed by atoms with Crippen LogP contribution < -0.4 is 5.73 Å². The van der Waals surface area contributed by atoms with Crippen LogP contribution in [0.15, 0.2) is 30.3 Å². The highest BCUT2D eigenvalue weighted by molar-refractivity contribution is 8.00. The average molecular weight is 209 g/mol. The first-order valence-corrected chi connectivity index (χ1v) is 5.76. The number of carbonyl (C=O) groups is 1. The summed E-state index contributed by atoms with van der Waals surface area (Å²) in [6.45, 7) is 2.09. The summed E-state index contributed by atoms with van der Waals surface area (Å²) in [7, 11) is 0. The summed E-state index contributed by atoms with van der Waals surface area (Å²) in [6.07, 6.45) is 1.06. The van der Waals surface area contributed by atoms with E-state index in [9.17, 15) is 4.79 Å². The third-order valence-electron chi connectivity index (χ3n) is 1.85. The Bertz CT molecular complexity index is 287. The van der Waals surface area contributed by atoms with Crippen molar-refractivity contribution < 1.29 is 4.79 Å².